The Hall–Kier alpha value is -1.50. The molecule has 0 spiro atoms. The number of amides is 2. The van der Waals surface area contributed by atoms with Crippen LogP contribution in [0.4, 0.5) is 0 Å². The van der Waals surface area contributed by atoms with Crippen molar-refractivity contribution >= 4 is 51.1 Å². The number of hydrogen-bond donors (Lipinski definition) is 1. The summed E-state index contributed by atoms with van der Waals surface area (Å²) in [4.78, 5) is 28.2. The zero-order valence-corrected chi connectivity index (χ0v) is 19.8. The molecule has 1 atom stereocenters. The molecule has 0 aromatic heterocycles. The summed E-state index contributed by atoms with van der Waals surface area (Å²) in [7, 11) is 0. The summed E-state index contributed by atoms with van der Waals surface area (Å²) in [6, 6.07) is 14.8. The highest BCUT2D eigenvalue weighted by Crippen LogP contribution is 2.22. The summed E-state index contributed by atoms with van der Waals surface area (Å²) in [6.07, 6.45) is 1.21. The van der Waals surface area contributed by atoms with Gasteiger partial charge in [-0.3, -0.25) is 9.59 Å². The molecule has 2 rings (SSSR count). The summed E-state index contributed by atoms with van der Waals surface area (Å²) < 4.78 is 0.979. The van der Waals surface area contributed by atoms with Crippen molar-refractivity contribution < 1.29 is 9.59 Å². The first-order valence-corrected chi connectivity index (χ1v) is 11.8. The van der Waals surface area contributed by atoms with E-state index in [1.54, 1.807) is 23.6 Å². The normalized spacial score (nSPS) is 11.7. The van der Waals surface area contributed by atoms with Gasteiger partial charge in [-0.15, -0.1) is 11.8 Å². The van der Waals surface area contributed by atoms with Crippen molar-refractivity contribution in [2.45, 2.75) is 44.2 Å². The standard InChI is InChI=1S/C22H26BrClN2O2S/c1-3-13-25-22(28)16(2)26(15-17-4-6-18(23)7-5-17)21(27)12-14-29-20-10-8-19(24)9-11-20/h4-11,16H,3,12-15H2,1-2H3,(H,25,28). The van der Waals surface area contributed by atoms with E-state index in [2.05, 4.69) is 21.2 Å². The number of nitrogens with one attached hydrogen (secondary N) is 1. The second kappa shape index (κ2) is 12.3. The minimum atomic E-state index is -0.529. The third-order valence-electron chi connectivity index (χ3n) is 4.38. The van der Waals surface area contributed by atoms with Gasteiger partial charge in [0.25, 0.3) is 0 Å². The first-order valence-electron chi connectivity index (χ1n) is 9.60. The van der Waals surface area contributed by atoms with Gasteiger partial charge in [-0.2, -0.15) is 0 Å². The van der Waals surface area contributed by atoms with E-state index in [4.69, 9.17) is 11.6 Å². The largest absolute Gasteiger partial charge is 0.354 e. The quantitative estimate of drug-likeness (QED) is 0.439. The first kappa shape index (κ1) is 23.8. The van der Waals surface area contributed by atoms with E-state index in [-0.39, 0.29) is 11.8 Å². The van der Waals surface area contributed by atoms with Crippen LogP contribution in [0, 0.1) is 0 Å². The molecule has 156 valence electrons. The number of benzene rings is 2. The smallest absolute Gasteiger partial charge is 0.242 e. The van der Waals surface area contributed by atoms with Crippen molar-refractivity contribution in [3.05, 3.63) is 63.6 Å². The Bertz CT molecular complexity index is 799. The molecule has 4 nitrogen and oxygen atoms in total. The minimum Gasteiger partial charge on any atom is -0.354 e. The molecule has 7 heteroatoms. The molecule has 0 bridgehead atoms. The van der Waals surface area contributed by atoms with E-state index in [9.17, 15) is 9.59 Å². The van der Waals surface area contributed by atoms with Crippen LogP contribution in [0.1, 0.15) is 32.3 Å². The van der Waals surface area contributed by atoms with Crippen molar-refractivity contribution in [2.75, 3.05) is 12.3 Å². The maximum absolute atomic E-state index is 13.0. The van der Waals surface area contributed by atoms with Crippen molar-refractivity contribution in [2.24, 2.45) is 0 Å². The van der Waals surface area contributed by atoms with Gasteiger partial charge >= 0.3 is 0 Å². The lowest BCUT2D eigenvalue weighted by Crippen LogP contribution is -2.47. The molecule has 1 N–H and O–H groups in total. The van der Waals surface area contributed by atoms with Crippen molar-refractivity contribution in [1.29, 1.82) is 0 Å². The summed E-state index contributed by atoms with van der Waals surface area (Å²) in [5.74, 6) is 0.483. The molecule has 0 radical (unpaired) electrons. The van der Waals surface area contributed by atoms with E-state index in [0.29, 0.717) is 30.3 Å². The van der Waals surface area contributed by atoms with Crippen LogP contribution in [0.3, 0.4) is 0 Å². The molecule has 0 aliphatic carbocycles. The topological polar surface area (TPSA) is 49.4 Å². The third kappa shape index (κ3) is 8.03. The van der Waals surface area contributed by atoms with Crippen LogP contribution in [0.25, 0.3) is 0 Å². The average Bonchev–Trinajstić information content (AvgIpc) is 2.72. The predicted octanol–water partition coefficient (Wildman–Crippen LogP) is 5.53. The monoisotopic (exact) mass is 496 g/mol. The molecule has 0 aliphatic heterocycles. The minimum absolute atomic E-state index is 0.0338. The molecule has 29 heavy (non-hydrogen) atoms. The Balaban J connectivity index is 2.03. The van der Waals surface area contributed by atoms with Gasteiger partial charge in [-0.1, -0.05) is 46.6 Å². The van der Waals surface area contributed by atoms with Crippen LogP contribution in [0.2, 0.25) is 5.02 Å². The van der Waals surface area contributed by atoms with Gasteiger partial charge < -0.3 is 10.2 Å². The van der Waals surface area contributed by atoms with Gasteiger partial charge in [0.05, 0.1) is 0 Å². The zero-order valence-electron chi connectivity index (χ0n) is 16.7. The summed E-state index contributed by atoms with van der Waals surface area (Å²) in [6.45, 7) is 4.80. The number of carbonyl (C=O) groups is 2. The Morgan fingerprint density at radius 2 is 1.79 bits per heavy atom. The summed E-state index contributed by atoms with van der Waals surface area (Å²) in [5.41, 5.74) is 0.988. The second-order valence-corrected chi connectivity index (χ2v) is 9.19. The Labute approximate surface area is 190 Å². The fraction of sp³-hybridized carbons (Fsp3) is 0.364. The van der Waals surface area contributed by atoms with Crippen LogP contribution in [0.15, 0.2) is 57.9 Å². The highest BCUT2D eigenvalue weighted by atomic mass is 79.9. The maximum atomic E-state index is 13.0. The molecule has 0 saturated heterocycles. The van der Waals surface area contributed by atoms with E-state index in [0.717, 1.165) is 21.4 Å². The van der Waals surface area contributed by atoms with Crippen molar-refractivity contribution in [3.8, 4) is 0 Å². The Morgan fingerprint density at radius 1 is 1.14 bits per heavy atom. The molecular weight excluding hydrogens is 472 g/mol. The van der Waals surface area contributed by atoms with Gasteiger partial charge in [0.1, 0.15) is 6.04 Å². The number of rotatable bonds is 10. The molecular formula is C22H26BrClN2O2S. The van der Waals surface area contributed by atoms with Crippen LogP contribution in [0.5, 0.6) is 0 Å². The van der Waals surface area contributed by atoms with Gasteiger partial charge in [-0.05, 0) is 55.3 Å². The van der Waals surface area contributed by atoms with Crippen molar-refractivity contribution in [1.82, 2.24) is 10.2 Å². The second-order valence-electron chi connectivity index (χ2n) is 6.67. The molecule has 2 aromatic rings. The number of nitrogens with zero attached hydrogens (tertiary/aromatic N) is 1. The molecule has 1 unspecified atom stereocenters. The average molecular weight is 498 g/mol. The highest BCUT2D eigenvalue weighted by Gasteiger charge is 2.25. The van der Waals surface area contributed by atoms with Crippen molar-refractivity contribution in [3.63, 3.8) is 0 Å². The summed E-state index contributed by atoms with van der Waals surface area (Å²) in [5, 5.41) is 3.58. The SMILES string of the molecule is CCCNC(=O)C(C)N(Cc1ccc(Br)cc1)C(=O)CCSc1ccc(Cl)cc1. The Morgan fingerprint density at radius 3 is 2.41 bits per heavy atom. The lowest BCUT2D eigenvalue weighted by molar-refractivity contribution is -0.140. The van der Waals surface area contributed by atoms with Gasteiger partial charge in [0, 0.05) is 39.7 Å². The van der Waals surface area contributed by atoms with E-state index >= 15 is 0 Å². The fourth-order valence-electron chi connectivity index (χ4n) is 2.70. The van der Waals surface area contributed by atoms with E-state index < -0.39 is 6.04 Å². The number of halogens is 2. The van der Waals surface area contributed by atoms with E-state index in [1.807, 2.05) is 55.5 Å². The first-order chi connectivity index (χ1) is 13.9. The number of carbonyl (C=O) groups excluding carboxylic acids is 2. The number of hydrogen-bond acceptors (Lipinski definition) is 3. The highest BCUT2D eigenvalue weighted by molar-refractivity contribution is 9.10. The van der Waals surface area contributed by atoms with E-state index in [1.165, 1.54) is 0 Å². The molecule has 2 aromatic carbocycles. The lowest BCUT2D eigenvalue weighted by Gasteiger charge is -2.29. The fourth-order valence-corrected chi connectivity index (χ4v) is 3.93. The molecule has 0 fully saturated rings. The zero-order chi connectivity index (χ0) is 21.2. The molecule has 0 heterocycles. The lowest BCUT2D eigenvalue weighted by atomic mass is 10.1. The van der Waals surface area contributed by atoms with Gasteiger partial charge in [0.2, 0.25) is 11.8 Å². The number of thioether (sulfide) groups is 1. The van der Waals surface area contributed by atoms with Crippen LogP contribution < -0.4 is 5.32 Å². The summed E-state index contributed by atoms with van der Waals surface area (Å²) >= 11 is 10.9. The van der Waals surface area contributed by atoms with Crippen LogP contribution in [-0.2, 0) is 16.1 Å². The molecule has 2 amide bonds. The predicted molar refractivity (Wildman–Crippen MR) is 124 cm³/mol. The third-order valence-corrected chi connectivity index (χ3v) is 6.18. The molecule has 0 saturated carbocycles. The van der Waals surface area contributed by atoms with Gasteiger partial charge in [-0.25, -0.2) is 0 Å². The van der Waals surface area contributed by atoms with Crippen LogP contribution in [-0.4, -0.2) is 35.1 Å². The van der Waals surface area contributed by atoms with Crippen LogP contribution >= 0.6 is 39.3 Å². The Kier molecular flexibility index (Phi) is 10.0. The maximum Gasteiger partial charge on any atom is 0.242 e. The van der Waals surface area contributed by atoms with Gasteiger partial charge in [0.15, 0.2) is 0 Å². The molecule has 0 aliphatic rings.